The van der Waals surface area contributed by atoms with Crippen molar-refractivity contribution in [2.45, 2.75) is 6.61 Å². The first-order chi connectivity index (χ1) is 12.9. The van der Waals surface area contributed by atoms with Crippen molar-refractivity contribution in [2.24, 2.45) is 0 Å². The van der Waals surface area contributed by atoms with Gasteiger partial charge in [-0.3, -0.25) is 0 Å². The van der Waals surface area contributed by atoms with E-state index in [1.807, 2.05) is 36.4 Å². The molecule has 2 rings (SSSR count). The molecule has 0 saturated carbocycles. The van der Waals surface area contributed by atoms with Crippen LogP contribution < -0.4 is 15.2 Å². The highest BCUT2D eigenvalue weighted by Gasteiger charge is 2.03. The monoisotopic (exact) mass is 367 g/mol. The predicted octanol–water partition coefficient (Wildman–Crippen LogP) is 0.296. The zero-order valence-electron chi connectivity index (χ0n) is 14.8. The summed E-state index contributed by atoms with van der Waals surface area (Å²) in [5, 5.41) is 18.4. The number of carbonyl (C=O) groups is 2. The van der Waals surface area contributed by atoms with E-state index in [9.17, 15) is 0 Å². The summed E-state index contributed by atoms with van der Waals surface area (Å²) in [6, 6.07) is 18.1. The van der Waals surface area contributed by atoms with Gasteiger partial charge in [-0.05, 0) is 35.2 Å². The van der Waals surface area contributed by atoms with Gasteiger partial charge in [0.1, 0.15) is 25.4 Å². The van der Waals surface area contributed by atoms with Crippen LogP contribution in [0.15, 0.2) is 61.2 Å². The average Bonchev–Trinajstić information content (AvgIpc) is 2.68. The maximum absolute atomic E-state index is 9.04. The fraction of sp³-hybridized carbons (Fsp3) is 0.143. The van der Waals surface area contributed by atoms with Crippen LogP contribution in [0.5, 0.6) is 5.75 Å². The van der Waals surface area contributed by atoms with Crippen molar-refractivity contribution in [3.05, 3.63) is 72.3 Å². The Bertz CT molecular complexity index is 797. The van der Waals surface area contributed by atoms with E-state index in [4.69, 9.17) is 31.0 Å². The highest BCUT2D eigenvalue weighted by Crippen LogP contribution is 2.15. The van der Waals surface area contributed by atoms with Gasteiger partial charge in [0.15, 0.2) is 5.97 Å². The average molecular weight is 367 g/mol. The second-order valence-corrected chi connectivity index (χ2v) is 5.40. The smallest absolute Gasteiger partial charge is 0.351 e. The number of carboxylic acids is 2. The highest BCUT2D eigenvalue weighted by atomic mass is 16.5. The fourth-order valence-electron chi connectivity index (χ4n) is 2.01. The van der Waals surface area contributed by atoms with E-state index in [1.54, 1.807) is 0 Å². The first-order valence-electron chi connectivity index (χ1n) is 8.08. The molecule has 0 unspecified atom stereocenters. The SMILES string of the molecule is C#CC[NH2+]CC(=C)c1cccc(COc2ccccc2)c1.O=C([O-])C(=O)O. The Morgan fingerprint density at radius 1 is 1.19 bits per heavy atom. The Morgan fingerprint density at radius 2 is 1.85 bits per heavy atom. The molecule has 0 aliphatic heterocycles. The molecule has 0 heterocycles. The second kappa shape index (κ2) is 11.9. The molecule has 0 spiro atoms. The summed E-state index contributed by atoms with van der Waals surface area (Å²) in [6.45, 7) is 6.16. The van der Waals surface area contributed by atoms with E-state index in [2.05, 4.69) is 36.0 Å². The van der Waals surface area contributed by atoms with Crippen LogP contribution in [0.1, 0.15) is 11.1 Å². The van der Waals surface area contributed by atoms with Crippen LogP contribution >= 0.6 is 0 Å². The number of terminal acetylenes is 1. The molecule has 0 saturated heterocycles. The molecule has 27 heavy (non-hydrogen) atoms. The van der Waals surface area contributed by atoms with Crippen LogP contribution in [0.25, 0.3) is 5.57 Å². The third-order valence-electron chi connectivity index (χ3n) is 3.31. The lowest BCUT2D eigenvalue weighted by atomic mass is 10.0. The van der Waals surface area contributed by atoms with Crippen molar-refractivity contribution in [3.8, 4) is 18.1 Å². The van der Waals surface area contributed by atoms with E-state index >= 15 is 0 Å². The van der Waals surface area contributed by atoms with Crippen molar-refractivity contribution in [1.29, 1.82) is 0 Å². The molecule has 0 radical (unpaired) electrons. The summed E-state index contributed by atoms with van der Waals surface area (Å²) in [5.74, 6) is -0.523. The Hall–Kier alpha value is -3.56. The molecule has 6 heteroatoms. The number of quaternary nitrogens is 1. The number of benzene rings is 2. The maximum Gasteiger partial charge on any atom is 0.351 e. The maximum atomic E-state index is 9.04. The molecule has 0 aliphatic rings. The molecule has 0 aromatic heterocycles. The molecule has 6 nitrogen and oxygen atoms in total. The molecule has 2 aromatic rings. The number of hydrogen-bond acceptors (Lipinski definition) is 4. The van der Waals surface area contributed by atoms with Crippen molar-refractivity contribution < 1.29 is 29.9 Å². The molecule has 2 aromatic carbocycles. The number of hydrogen-bond donors (Lipinski definition) is 2. The molecular weight excluding hydrogens is 346 g/mol. The summed E-state index contributed by atoms with van der Waals surface area (Å²) < 4.78 is 5.76. The van der Waals surface area contributed by atoms with E-state index in [0.29, 0.717) is 13.2 Å². The zero-order chi connectivity index (χ0) is 20.1. The minimum Gasteiger partial charge on any atom is -0.539 e. The summed E-state index contributed by atoms with van der Waals surface area (Å²) in [5.41, 5.74) is 3.35. The fourth-order valence-corrected chi connectivity index (χ4v) is 2.01. The van der Waals surface area contributed by atoms with Gasteiger partial charge in [-0.2, -0.15) is 0 Å². The number of ether oxygens (including phenoxy) is 1. The van der Waals surface area contributed by atoms with Crippen LogP contribution in [-0.4, -0.2) is 30.1 Å². The highest BCUT2D eigenvalue weighted by molar-refractivity contribution is 6.26. The van der Waals surface area contributed by atoms with E-state index in [1.165, 1.54) is 0 Å². The van der Waals surface area contributed by atoms with Crippen molar-refractivity contribution in [3.63, 3.8) is 0 Å². The Labute approximate surface area is 158 Å². The van der Waals surface area contributed by atoms with Gasteiger partial charge in [-0.25, -0.2) is 4.79 Å². The minimum absolute atomic E-state index is 0.555. The van der Waals surface area contributed by atoms with E-state index < -0.39 is 11.9 Å². The van der Waals surface area contributed by atoms with Crippen molar-refractivity contribution in [2.75, 3.05) is 13.1 Å². The van der Waals surface area contributed by atoms with Crippen LogP contribution in [0.4, 0.5) is 0 Å². The molecule has 0 fully saturated rings. The van der Waals surface area contributed by atoms with Gasteiger partial charge < -0.3 is 25.1 Å². The normalized spacial score (nSPS) is 9.30. The van der Waals surface area contributed by atoms with E-state index in [-0.39, 0.29) is 0 Å². The van der Waals surface area contributed by atoms with Gasteiger partial charge in [0.05, 0.1) is 0 Å². The molecule has 0 amide bonds. The quantitative estimate of drug-likeness (QED) is 0.416. The van der Waals surface area contributed by atoms with E-state index in [0.717, 1.165) is 29.0 Å². The van der Waals surface area contributed by atoms with Crippen LogP contribution in [0.2, 0.25) is 0 Å². The van der Waals surface area contributed by atoms with Crippen LogP contribution in [0, 0.1) is 12.3 Å². The minimum atomic E-state index is -2.07. The number of carbonyl (C=O) groups excluding carboxylic acids is 1. The van der Waals surface area contributed by atoms with Gasteiger partial charge >= 0.3 is 5.97 Å². The first kappa shape index (κ1) is 21.5. The van der Waals surface area contributed by atoms with Crippen LogP contribution in [-0.2, 0) is 16.2 Å². The molecule has 0 atom stereocenters. The topological polar surface area (TPSA) is 103 Å². The molecule has 0 bridgehead atoms. The molecule has 140 valence electrons. The molecule has 3 N–H and O–H groups in total. The molecular formula is C21H21NO5. The summed E-state index contributed by atoms with van der Waals surface area (Å²) in [6.07, 6.45) is 5.24. The second-order valence-electron chi connectivity index (χ2n) is 5.40. The lowest BCUT2D eigenvalue weighted by Gasteiger charge is -2.09. The largest absolute Gasteiger partial charge is 0.539 e. The van der Waals surface area contributed by atoms with Crippen LogP contribution in [0.3, 0.4) is 0 Å². The third-order valence-corrected chi connectivity index (χ3v) is 3.31. The van der Waals surface area contributed by atoms with Gasteiger partial charge in [0.25, 0.3) is 0 Å². The van der Waals surface area contributed by atoms with Gasteiger partial charge in [-0.1, -0.05) is 43.0 Å². The summed E-state index contributed by atoms with van der Waals surface area (Å²) >= 11 is 0. The standard InChI is InChI=1S/C19H19NO.C2H2O4/c1-3-12-20-14-16(2)18-9-7-8-17(13-18)15-21-19-10-5-4-6-11-19;3-1(4)2(5)6/h1,4-11,13,20H,2,12,14-15H2;(H,3,4)(H,5,6). The Morgan fingerprint density at radius 3 is 2.44 bits per heavy atom. The van der Waals surface area contributed by atoms with Gasteiger partial charge in [0, 0.05) is 5.57 Å². The number of carboxylic acid groups (broad SMARTS) is 2. The molecule has 0 aliphatic carbocycles. The number of nitrogens with two attached hydrogens (primary N) is 1. The first-order valence-corrected chi connectivity index (χ1v) is 8.08. The zero-order valence-corrected chi connectivity index (χ0v) is 14.8. The summed E-state index contributed by atoms with van der Waals surface area (Å²) in [7, 11) is 0. The summed E-state index contributed by atoms with van der Waals surface area (Å²) in [4.78, 5) is 18.0. The third kappa shape index (κ3) is 8.91. The van der Waals surface area contributed by atoms with Crippen molar-refractivity contribution >= 4 is 17.5 Å². The Kier molecular flexibility index (Phi) is 9.47. The van der Waals surface area contributed by atoms with Gasteiger partial charge in [-0.15, -0.1) is 6.42 Å². The lowest BCUT2D eigenvalue weighted by molar-refractivity contribution is -0.632. The number of para-hydroxylation sites is 1. The Balaban J connectivity index is 0.000000527. The van der Waals surface area contributed by atoms with Crippen molar-refractivity contribution in [1.82, 2.24) is 0 Å². The number of aliphatic carboxylic acids is 2. The lowest BCUT2D eigenvalue weighted by Crippen LogP contribution is -2.84. The van der Waals surface area contributed by atoms with Gasteiger partial charge in [0.2, 0.25) is 0 Å². The predicted molar refractivity (Wildman–Crippen MR) is 99.4 cm³/mol. The number of rotatable bonds is 7.